The third kappa shape index (κ3) is 1.80. The van der Waals surface area contributed by atoms with Crippen molar-refractivity contribution in [2.75, 3.05) is 4.90 Å². The SMILES string of the molecule is Cc1cccc(C(=O)O)c1N1C(=O)c2cccnc2C1=O. The van der Waals surface area contributed by atoms with Gasteiger partial charge in [-0.25, -0.2) is 9.69 Å². The number of aromatic carboxylic acids is 1. The minimum absolute atomic E-state index is 0.0436. The van der Waals surface area contributed by atoms with E-state index in [9.17, 15) is 19.5 Å². The monoisotopic (exact) mass is 282 g/mol. The molecule has 0 bridgehead atoms. The average Bonchev–Trinajstić information content (AvgIpc) is 2.72. The Morgan fingerprint density at radius 2 is 1.90 bits per heavy atom. The number of imide groups is 1. The predicted molar refractivity (Wildman–Crippen MR) is 73.5 cm³/mol. The quantitative estimate of drug-likeness (QED) is 0.850. The molecular weight excluding hydrogens is 272 g/mol. The summed E-state index contributed by atoms with van der Waals surface area (Å²) in [5.41, 5.74) is 0.760. The van der Waals surface area contributed by atoms with Crippen molar-refractivity contribution in [3.05, 3.63) is 58.9 Å². The van der Waals surface area contributed by atoms with Crippen LogP contribution in [-0.2, 0) is 0 Å². The summed E-state index contributed by atoms with van der Waals surface area (Å²) in [6, 6.07) is 7.64. The fraction of sp³-hybridized carbons (Fsp3) is 0.0667. The van der Waals surface area contributed by atoms with Gasteiger partial charge in [-0.15, -0.1) is 0 Å². The third-order valence-corrected chi connectivity index (χ3v) is 3.34. The first-order chi connectivity index (χ1) is 10.0. The van der Waals surface area contributed by atoms with E-state index in [1.807, 2.05) is 0 Å². The fourth-order valence-electron chi connectivity index (χ4n) is 2.40. The Morgan fingerprint density at radius 1 is 1.14 bits per heavy atom. The molecule has 0 fully saturated rings. The Bertz CT molecular complexity index is 763. The van der Waals surface area contributed by atoms with Crippen LogP contribution in [0.1, 0.15) is 36.8 Å². The van der Waals surface area contributed by atoms with Crippen LogP contribution in [0.2, 0.25) is 0 Å². The molecule has 104 valence electrons. The van der Waals surface area contributed by atoms with Crippen LogP contribution in [-0.4, -0.2) is 27.9 Å². The molecule has 0 atom stereocenters. The lowest BCUT2D eigenvalue weighted by Gasteiger charge is -2.18. The first-order valence-corrected chi connectivity index (χ1v) is 6.19. The summed E-state index contributed by atoms with van der Waals surface area (Å²) in [4.78, 5) is 40.9. The van der Waals surface area contributed by atoms with Crippen LogP contribution in [0.15, 0.2) is 36.5 Å². The zero-order valence-electron chi connectivity index (χ0n) is 11.0. The summed E-state index contributed by atoms with van der Waals surface area (Å²) >= 11 is 0. The molecule has 2 aromatic rings. The molecule has 6 heteroatoms. The maximum atomic E-state index is 12.4. The van der Waals surface area contributed by atoms with Gasteiger partial charge in [0.1, 0.15) is 5.69 Å². The maximum Gasteiger partial charge on any atom is 0.337 e. The highest BCUT2D eigenvalue weighted by Crippen LogP contribution is 2.32. The van der Waals surface area contributed by atoms with Crippen LogP contribution < -0.4 is 4.90 Å². The number of amides is 2. The summed E-state index contributed by atoms with van der Waals surface area (Å²) in [5, 5.41) is 9.28. The molecule has 2 heterocycles. The van der Waals surface area contributed by atoms with Crippen molar-refractivity contribution in [2.45, 2.75) is 6.92 Å². The van der Waals surface area contributed by atoms with Crippen LogP contribution in [0, 0.1) is 6.92 Å². The second-order valence-corrected chi connectivity index (χ2v) is 4.62. The van der Waals surface area contributed by atoms with Gasteiger partial charge in [-0.3, -0.25) is 14.6 Å². The van der Waals surface area contributed by atoms with Crippen LogP contribution in [0.25, 0.3) is 0 Å². The van der Waals surface area contributed by atoms with Crippen LogP contribution in [0.4, 0.5) is 5.69 Å². The van der Waals surface area contributed by atoms with Gasteiger partial charge in [0, 0.05) is 6.20 Å². The summed E-state index contributed by atoms with van der Waals surface area (Å²) in [7, 11) is 0. The van der Waals surface area contributed by atoms with Gasteiger partial charge in [-0.2, -0.15) is 0 Å². The third-order valence-electron chi connectivity index (χ3n) is 3.34. The van der Waals surface area contributed by atoms with Crippen molar-refractivity contribution in [2.24, 2.45) is 0 Å². The predicted octanol–water partition coefficient (Wildman–Crippen LogP) is 1.89. The number of aromatic nitrogens is 1. The zero-order chi connectivity index (χ0) is 15.1. The molecule has 0 spiro atoms. The molecule has 6 nitrogen and oxygen atoms in total. The molecule has 1 aliphatic heterocycles. The number of hydrogen-bond acceptors (Lipinski definition) is 4. The molecule has 1 aromatic heterocycles. The highest BCUT2D eigenvalue weighted by molar-refractivity contribution is 6.34. The van der Waals surface area contributed by atoms with Gasteiger partial charge in [0.15, 0.2) is 0 Å². The van der Waals surface area contributed by atoms with Crippen LogP contribution in [0.5, 0.6) is 0 Å². The molecule has 0 saturated heterocycles. The number of pyridine rings is 1. The van der Waals surface area contributed by atoms with Crippen molar-refractivity contribution in [3.8, 4) is 0 Å². The van der Waals surface area contributed by atoms with E-state index >= 15 is 0 Å². The molecule has 0 aliphatic carbocycles. The molecule has 21 heavy (non-hydrogen) atoms. The van der Waals surface area contributed by atoms with E-state index in [0.29, 0.717) is 5.56 Å². The number of rotatable bonds is 2. The van der Waals surface area contributed by atoms with E-state index in [-0.39, 0.29) is 22.5 Å². The lowest BCUT2D eigenvalue weighted by Crippen LogP contribution is -2.31. The Morgan fingerprint density at radius 3 is 2.57 bits per heavy atom. The Kier molecular flexibility index (Phi) is 2.79. The summed E-state index contributed by atoms with van der Waals surface area (Å²) in [6.45, 7) is 1.65. The summed E-state index contributed by atoms with van der Waals surface area (Å²) < 4.78 is 0. The number of fused-ring (bicyclic) bond motifs is 1. The molecule has 1 N–H and O–H groups in total. The molecule has 0 saturated carbocycles. The molecule has 3 rings (SSSR count). The lowest BCUT2D eigenvalue weighted by atomic mass is 10.1. The van der Waals surface area contributed by atoms with Crippen molar-refractivity contribution >= 4 is 23.5 Å². The fourth-order valence-corrected chi connectivity index (χ4v) is 2.40. The second-order valence-electron chi connectivity index (χ2n) is 4.62. The number of para-hydroxylation sites is 1. The molecule has 2 amide bonds. The topological polar surface area (TPSA) is 87.6 Å². The van der Waals surface area contributed by atoms with E-state index in [2.05, 4.69) is 4.98 Å². The zero-order valence-corrected chi connectivity index (χ0v) is 11.0. The number of benzene rings is 1. The van der Waals surface area contributed by atoms with Gasteiger partial charge in [-0.05, 0) is 30.7 Å². The lowest BCUT2D eigenvalue weighted by molar-refractivity contribution is 0.0697. The van der Waals surface area contributed by atoms with Crippen molar-refractivity contribution in [1.29, 1.82) is 0 Å². The first kappa shape index (κ1) is 13.0. The van der Waals surface area contributed by atoms with Crippen LogP contribution >= 0.6 is 0 Å². The van der Waals surface area contributed by atoms with E-state index in [4.69, 9.17) is 0 Å². The Balaban J connectivity index is 2.23. The van der Waals surface area contributed by atoms with Gasteiger partial charge in [0.25, 0.3) is 11.8 Å². The molecule has 0 unspecified atom stereocenters. The second kappa shape index (κ2) is 4.52. The standard InChI is InChI=1S/C15H10N2O4/c1-8-4-2-5-10(15(20)21)12(8)17-13(18)9-6-3-7-16-11(9)14(17)19/h2-7H,1H3,(H,20,21). The molecule has 1 aromatic carbocycles. The number of carboxylic acids is 1. The van der Waals surface area contributed by atoms with E-state index in [1.54, 1.807) is 25.1 Å². The van der Waals surface area contributed by atoms with Crippen LogP contribution in [0.3, 0.4) is 0 Å². The average molecular weight is 282 g/mol. The minimum atomic E-state index is -1.20. The normalized spacial score (nSPS) is 13.5. The van der Waals surface area contributed by atoms with Gasteiger partial charge >= 0.3 is 5.97 Å². The Hall–Kier alpha value is -3.02. The number of hydrogen-bond donors (Lipinski definition) is 1. The highest BCUT2D eigenvalue weighted by atomic mass is 16.4. The summed E-state index contributed by atoms with van der Waals surface area (Å²) in [6.07, 6.45) is 1.42. The van der Waals surface area contributed by atoms with Gasteiger partial charge in [-0.1, -0.05) is 12.1 Å². The highest BCUT2D eigenvalue weighted by Gasteiger charge is 2.40. The molecule has 1 aliphatic rings. The molecule has 0 radical (unpaired) electrons. The largest absolute Gasteiger partial charge is 0.478 e. The number of carboxylic acid groups (broad SMARTS) is 1. The van der Waals surface area contributed by atoms with Gasteiger partial charge < -0.3 is 5.11 Å². The number of carbonyl (C=O) groups is 3. The number of carbonyl (C=O) groups excluding carboxylic acids is 2. The number of aryl methyl sites for hydroxylation is 1. The van der Waals surface area contributed by atoms with Gasteiger partial charge in [0.05, 0.1) is 16.8 Å². The Labute approximate surface area is 119 Å². The van der Waals surface area contributed by atoms with Crippen molar-refractivity contribution < 1.29 is 19.5 Å². The van der Waals surface area contributed by atoms with E-state index in [1.165, 1.54) is 18.3 Å². The minimum Gasteiger partial charge on any atom is -0.478 e. The summed E-state index contributed by atoms with van der Waals surface area (Å²) in [5.74, 6) is -2.36. The van der Waals surface area contributed by atoms with E-state index < -0.39 is 17.8 Å². The maximum absolute atomic E-state index is 12.4. The van der Waals surface area contributed by atoms with E-state index in [0.717, 1.165) is 4.90 Å². The number of nitrogens with zero attached hydrogens (tertiary/aromatic N) is 2. The van der Waals surface area contributed by atoms with Gasteiger partial charge in [0.2, 0.25) is 0 Å². The smallest absolute Gasteiger partial charge is 0.337 e. The molecular formula is C15H10N2O4. The number of anilines is 1. The first-order valence-electron chi connectivity index (χ1n) is 6.19. The van der Waals surface area contributed by atoms with Crippen molar-refractivity contribution in [1.82, 2.24) is 4.98 Å². The van der Waals surface area contributed by atoms with Crippen molar-refractivity contribution in [3.63, 3.8) is 0 Å².